The summed E-state index contributed by atoms with van der Waals surface area (Å²) >= 11 is 0. The van der Waals surface area contributed by atoms with Gasteiger partial charge in [0.15, 0.2) is 6.29 Å². The van der Waals surface area contributed by atoms with Crippen LogP contribution in [0.5, 0.6) is 0 Å². The zero-order valence-corrected chi connectivity index (χ0v) is 16.5. The van der Waals surface area contributed by atoms with Crippen LogP contribution in [-0.2, 0) is 9.47 Å². The van der Waals surface area contributed by atoms with Gasteiger partial charge in [-0.2, -0.15) is 0 Å². The molecule has 0 atom stereocenters. The van der Waals surface area contributed by atoms with Crippen molar-refractivity contribution < 1.29 is 9.47 Å². The maximum Gasteiger partial charge on any atom is 0.184 e. The second kappa shape index (κ2) is 11.6. The van der Waals surface area contributed by atoms with E-state index < -0.39 is 6.29 Å². The highest BCUT2D eigenvalue weighted by molar-refractivity contribution is 5.65. The van der Waals surface area contributed by atoms with Crippen LogP contribution in [0.4, 0.5) is 0 Å². The summed E-state index contributed by atoms with van der Waals surface area (Å²) in [6.07, 6.45) is 7.54. The Morgan fingerprint density at radius 1 is 0.655 bits per heavy atom. The van der Waals surface area contributed by atoms with Crippen LogP contribution in [0, 0.1) is 0 Å². The highest BCUT2D eigenvalue weighted by atomic mass is 16.7. The molecule has 0 aliphatic rings. The Labute approximate surface area is 173 Å². The van der Waals surface area contributed by atoms with Gasteiger partial charge in [0.25, 0.3) is 0 Å². The van der Waals surface area contributed by atoms with E-state index in [9.17, 15) is 0 Å². The van der Waals surface area contributed by atoms with Gasteiger partial charge in [0.2, 0.25) is 0 Å². The zero-order chi connectivity index (χ0) is 20.2. The topological polar surface area (TPSA) is 18.5 Å². The number of ether oxygens (including phenoxy) is 2. The van der Waals surface area contributed by atoms with Crippen molar-refractivity contribution in [1.29, 1.82) is 0 Å². The van der Waals surface area contributed by atoms with Crippen LogP contribution >= 0.6 is 0 Å². The van der Waals surface area contributed by atoms with Crippen molar-refractivity contribution in [3.8, 4) is 0 Å². The summed E-state index contributed by atoms with van der Waals surface area (Å²) in [6, 6.07) is 30.3. The van der Waals surface area contributed by atoms with Gasteiger partial charge in [0.05, 0.1) is 13.2 Å². The normalized spacial score (nSPS) is 12.4. The molecule has 2 heteroatoms. The quantitative estimate of drug-likeness (QED) is 0.373. The Morgan fingerprint density at radius 2 is 1.07 bits per heavy atom. The lowest BCUT2D eigenvalue weighted by Gasteiger charge is -2.20. The van der Waals surface area contributed by atoms with Crippen LogP contribution in [0.3, 0.4) is 0 Å². The Morgan fingerprint density at radius 3 is 1.52 bits per heavy atom. The van der Waals surface area contributed by atoms with E-state index in [4.69, 9.17) is 9.47 Å². The fourth-order valence-corrected chi connectivity index (χ4v) is 2.82. The third-order valence-corrected chi connectivity index (χ3v) is 4.34. The van der Waals surface area contributed by atoms with Crippen LogP contribution in [0.15, 0.2) is 110 Å². The summed E-state index contributed by atoms with van der Waals surface area (Å²) in [6.45, 7) is 5.08. The second-order valence-electron chi connectivity index (χ2n) is 6.52. The molecule has 0 aliphatic heterocycles. The van der Waals surface area contributed by atoms with Gasteiger partial charge in [-0.15, -0.1) is 0 Å². The molecule has 3 rings (SSSR count). The van der Waals surface area contributed by atoms with E-state index in [1.54, 1.807) is 0 Å². The Kier molecular flexibility index (Phi) is 8.21. The summed E-state index contributed by atoms with van der Waals surface area (Å²) in [5, 5.41) is 0. The molecule has 0 unspecified atom stereocenters. The fraction of sp³-hybridized carbons (Fsp3) is 0.111. The third-order valence-electron chi connectivity index (χ3n) is 4.34. The number of hydrogen-bond donors (Lipinski definition) is 0. The zero-order valence-electron chi connectivity index (χ0n) is 16.5. The predicted molar refractivity (Wildman–Crippen MR) is 122 cm³/mol. The first-order chi connectivity index (χ1) is 14.3. The lowest BCUT2D eigenvalue weighted by atomic mass is 10.1. The molecule has 0 saturated carbocycles. The van der Waals surface area contributed by atoms with Crippen LogP contribution in [-0.4, -0.2) is 19.5 Å². The molecule has 0 radical (unpaired) electrons. The molecule has 3 aromatic carbocycles. The van der Waals surface area contributed by atoms with E-state index in [0.717, 1.165) is 22.3 Å². The molecule has 146 valence electrons. The highest BCUT2D eigenvalue weighted by Crippen LogP contribution is 2.20. The highest BCUT2D eigenvalue weighted by Gasteiger charge is 2.14. The summed E-state index contributed by atoms with van der Waals surface area (Å²) in [5.41, 5.74) is 4.10. The standard InChI is InChI=1S/C27H26O2/c1-23(26-19-9-4-10-20-26)27(28-21-11-17-24-13-5-2-6-14-24)29-22-12-18-25-15-7-3-8-16-25/h2-20,27H,1,21-22H2. The van der Waals surface area contributed by atoms with Crippen molar-refractivity contribution in [2.45, 2.75) is 6.29 Å². The SMILES string of the molecule is C=C(c1ccccc1)C(OCC=Cc1ccccc1)OCC=Cc1ccccc1. The molecule has 0 spiro atoms. The van der Waals surface area contributed by atoms with Gasteiger partial charge in [-0.05, 0) is 16.7 Å². The number of rotatable bonds is 10. The van der Waals surface area contributed by atoms with Gasteiger partial charge >= 0.3 is 0 Å². The first kappa shape index (κ1) is 20.5. The minimum Gasteiger partial charge on any atom is -0.344 e. The molecule has 0 aromatic heterocycles. The van der Waals surface area contributed by atoms with Crippen LogP contribution in [0.25, 0.3) is 17.7 Å². The first-order valence-corrected chi connectivity index (χ1v) is 9.73. The van der Waals surface area contributed by atoms with Crippen molar-refractivity contribution in [3.05, 3.63) is 126 Å². The van der Waals surface area contributed by atoms with E-state index >= 15 is 0 Å². The molecule has 3 aromatic rings. The Balaban J connectivity index is 1.59. The van der Waals surface area contributed by atoms with Crippen molar-refractivity contribution in [2.75, 3.05) is 13.2 Å². The molecule has 0 bridgehead atoms. The largest absolute Gasteiger partial charge is 0.344 e. The van der Waals surface area contributed by atoms with Gasteiger partial charge < -0.3 is 9.47 Å². The van der Waals surface area contributed by atoms with Gasteiger partial charge in [0.1, 0.15) is 0 Å². The minimum absolute atomic E-state index is 0.438. The molecule has 0 heterocycles. The van der Waals surface area contributed by atoms with Crippen molar-refractivity contribution in [3.63, 3.8) is 0 Å². The molecule has 29 heavy (non-hydrogen) atoms. The van der Waals surface area contributed by atoms with Crippen molar-refractivity contribution in [2.24, 2.45) is 0 Å². The van der Waals surface area contributed by atoms with Crippen LogP contribution in [0.1, 0.15) is 16.7 Å². The van der Waals surface area contributed by atoms with Crippen molar-refractivity contribution in [1.82, 2.24) is 0 Å². The van der Waals surface area contributed by atoms with Crippen LogP contribution < -0.4 is 0 Å². The second-order valence-corrected chi connectivity index (χ2v) is 6.52. The number of benzene rings is 3. The lowest BCUT2D eigenvalue weighted by Crippen LogP contribution is -2.19. The molecule has 0 aliphatic carbocycles. The van der Waals surface area contributed by atoms with E-state index in [2.05, 4.69) is 30.8 Å². The lowest BCUT2D eigenvalue weighted by molar-refractivity contribution is -0.0859. The smallest absolute Gasteiger partial charge is 0.184 e. The average Bonchev–Trinajstić information content (AvgIpc) is 2.79. The maximum atomic E-state index is 5.99. The summed E-state index contributed by atoms with van der Waals surface area (Å²) in [4.78, 5) is 0. The van der Waals surface area contributed by atoms with E-state index in [1.165, 1.54) is 0 Å². The monoisotopic (exact) mass is 382 g/mol. The van der Waals surface area contributed by atoms with Gasteiger partial charge in [-0.25, -0.2) is 0 Å². The van der Waals surface area contributed by atoms with E-state index in [1.807, 2.05) is 91.0 Å². The Hall–Kier alpha value is -3.20. The van der Waals surface area contributed by atoms with Gasteiger partial charge in [-0.3, -0.25) is 0 Å². The molecular weight excluding hydrogens is 356 g/mol. The summed E-state index contributed by atoms with van der Waals surface area (Å²) in [7, 11) is 0. The molecule has 0 saturated heterocycles. The molecule has 0 fully saturated rings. The summed E-state index contributed by atoms with van der Waals surface area (Å²) < 4.78 is 12.0. The minimum atomic E-state index is -0.516. The van der Waals surface area contributed by atoms with E-state index in [0.29, 0.717) is 13.2 Å². The molecular formula is C27H26O2. The molecule has 0 N–H and O–H groups in total. The van der Waals surface area contributed by atoms with Gasteiger partial charge in [-0.1, -0.05) is 122 Å². The van der Waals surface area contributed by atoms with Crippen molar-refractivity contribution >= 4 is 17.7 Å². The maximum absolute atomic E-state index is 5.99. The summed E-state index contributed by atoms with van der Waals surface area (Å²) in [5.74, 6) is 0. The molecule has 2 nitrogen and oxygen atoms in total. The van der Waals surface area contributed by atoms with Crippen LogP contribution in [0.2, 0.25) is 0 Å². The molecule has 0 amide bonds. The van der Waals surface area contributed by atoms with E-state index in [-0.39, 0.29) is 0 Å². The fourth-order valence-electron chi connectivity index (χ4n) is 2.82. The third kappa shape index (κ3) is 7.04. The Bertz CT molecular complexity index is 859. The first-order valence-electron chi connectivity index (χ1n) is 9.73. The number of hydrogen-bond acceptors (Lipinski definition) is 2. The predicted octanol–water partition coefficient (Wildman–Crippen LogP) is 6.49. The van der Waals surface area contributed by atoms with Gasteiger partial charge in [0, 0.05) is 5.57 Å². The average molecular weight is 383 g/mol.